The van der Waals surface area contributed by atoms with Crippen molar-refractivity contribution < 1.29 is 22.9 Å². The summed E-state index contributed by atoms with van der Waals surface area (Å²) in [7, 11) is -2.86. The van der Waals surface area contributed by atoms with Crippen LogP contribution in [0.2, 0.25) is 6.04 Å². The molecule has 0 aliphatic carbocycles. The molecule has 1 aliphatic rings. The maximum atomic E-state index is 13.7. The van der Waals surface area contributed by atoms with Gasteiger partial charge in [0, 0.05) is 48.9 Å². The Morgan fingerprint density at radius 2 is 1.13 bits per heavy atom. The molecular weight excluding hydrogens is 494 g/mol. The number of nitrogens with zero attached hydrogens (tertiary/aromatic N) is 1. The topological polar surface area (TPSA) is 65.1 Å². The number of imide groups is 1. The molecule has 5 aromatic carbocycles. The predicted octanol–water partition coefficient (Wildman–Crippen LogP) is 6.77. The van der Waals surface area contributed by atoms with Gasteiger partial charge >= 0.3 is 8.80 Å². The van der Waals surface area contributed by atoms with Crippen molar-refractivity contribution in [2.45, 2.75) is 33.2 Å². The van der Waals surface area contributed by atoms with Crippen LogP contribution in [0.3, 0.4) is 0 Å². The van der Waals surface area contributed by atoms with Gasteiger partial charge < -0.3 is 13.3 Å². The standard InChI is InChI=1S/C31H31NO5Si/c1-4-35-38(36-5-2,37-6-3)19-9-18-32-30(33)25-16-14-23-21-12-7-10-20-11-8-13-22(27(20)21)24-15-17-26(31(32)34)29(25)28(23)24/h7-8,10-17H,4-6,9,18-19H2,1-3H3. The third kappa shape index (κ3) is 3.73. The van der Waals surface area contributed by atoms with Crippen molar-refractivity contribution in [1.29, 1.82) is 0 Å². The lowest BCUT2D eigenvalue weighted by Gasteiger charge is -2.31. The Balaban J connectivity index is 1.41. The monoisotopic (exact) mass is 525 g/mol. The molecule has 0 fully saturated rings. The van der Waals surface area contributed by atoms with Crippen LogP contribution in [0, 0.1) is 0 Å². The Kier molecular flexibility index (Phi) is 6.40. The van der Waals surface area contributed by atoms with Crippen LogP contribution in [0.5, 0.6) is 0 Å². The summed E-state index contributed by atoms with van der Waals surface area (Å²) in [5.74, 6) is -0.500. The zero-order valence-corrected chi connectivity index (χ0v) is 23.0. The van der Waals surface area contributed by atoms with Crippen LogP contribution in [0.4, 0.5) is 0 Å². The molecule has 5 aromatic rings. The van der Waals surface area contributed by atoms with Crippen molar-refractivity contribution in [1.82, 2.24) is 4.90 Å². The molecular formula is C31H31NO5Si. The van der Waals surface area contributed by atoms with E-state index in [1.165, 1.54) is 15.7 Å². The fourth-order valence-corrected chi connectivity index (χ4v) is 8.73. The van der Waals surface area contributed by atoms with Gasteiger partial charge in [0.25, 0.3) is 11.8 Å². The van der Waals surface area contributed by atoms with Gasteiger partial charge in [-0.1, -0.05) is 48.5 Å². The van der Waals surface area contributed by atoms with Crippen molar-refractivity contribution in [3.63, 3.8) is 0 Å². The van der Waals surface area contributed by atoms with Crippen LogP contribution in [0.15, 0.2) is 60.7 Å². The molecule has 7 heteroatoms. The minimum atomic E-state index is -2.86. The summed E-state index contributed by atoms with van der Waals surface area (Å²) >= 11 is 0. The van der Waals surface area contributed by atoms with Gasteiger partial charge in [0.1, 0.15) is 0 Å². The van der Waals surface area contributed by atoms with Crippen LogP contribution >= 0.6 is 0 Å². The number of hydrogen-bond acceptors (Lipinski definition) is 5. The Morgan fingerprint density at radius 3 is 1.63 bits per heavy atom. The molecule has 1 heterocycles. The van der Waals surface area contributed by atoms with E-state index in [4.69, 9.17) is 13.3 Å². The van der Waals surface area contributed by atoms with E-state index in [1.54, 1.807) is 0 Å². The number of benzene rings is 5. The first-order valence-electron chi connectivity index (χ1n) is 13.4. The zero-order chi connectivity index (χ0) is 26.4. The number of carbonyl (C=O) groups is 2. The van der Waals surface area contributed by atoms with E-state index in [2.05, 4.69) is 36.4 Å². The Morgan fingerprint density at radius 1 is 0.632 bits per heavy atom. The minimum Gasteiger partial charge on any atom is -0.374 e. The first-order valence-corrected chi connectivity index (χ1v) is 15.4. The molecule has 0 N–H and O–H groups in total. The summed E-state index contributed by atoms with van der Waals surface area (Å²) in [5.41, 5.74) is 1.16. The lowest BCUT2D eigenvalue weighted by Crippen LogP contribution is -2.47. The summed E-state index contributed by atoms with van der Waals surface area (Å²) in [5, 5.41) is 8.57. The molecule has 0 saturated carbocycles. The van der Waals surface area contributed by atoms with Crippen LogP contribution in [-0.2, 0) is 13.3 Å². The number of rotatable bonds is 10. The third-order valence-corrected chi connectivity index (χ3v) is 10.7. The number of amides is 2. The third-order valence-electron chi connectivity index (χ3n) is 7.55. The van der Waals surface area contributed by atoms with E-state index < -0.39 is 8.80 Å². The highest BCUT2D eigenvalue weighted by Gasteiger charge is 2.41. The fourth-order valence-electron chi connectivity index (χ4n) is 6.13. The van der Waals surface area contributed by atoms with Gasteiger partial charge in [-0.15, -0.1) is 0 Å². The fraction of sp³-hybridized carbons (Fsp3) is 0.290. The molecule has 2 amide bonds. The summed E-state index contributed by atoms with van der Waals surface area (Å²) in [6.45, 7) is 7.52. The molecule has 0 radical (unpaired) electrons. The predicted molar refractivity (Wildman–Crippen MR) is 153 cm³/mol. The number of hydrogen-bond donors (Lipinski definition) is 0. The van der Waals surface area contributed by atoms with Crippen molar-refractivity contribution >= 4 is 63.7 Å². The largest absolute Gasteiger partial charge is 0.500 e. The second-order valence-corrected chi connectivity index (χ2v) is 12.4. The van der Waals surface area contributed by atoms with Gasteiger partial charge in [-0.3, -0.25) is 14.5 Å². The van der Waals surface area contributed by atoms with Crippen molar-refractivity contribution in [3.05, 3.63) is 71.8 Å². The smallest absolute Gasteiger partial charge is 0.374 e. The summed E-state index contributed by atoms with van der Waals surface area (Å²) < 4.78 is 17.9. The SMILES string of the molecule is CCO[Si](CCCN1C(=O)c2ccc3c4cccc5cccc(c6ccc(c2c36)C1=O)c54)(OCC)OCC. The maximum Gasteiger partial charge on any atom is 0.500 e. The van der Waals surface area contributed by atoms with Gasteiger partial charge in [0.2, 0.25) is 0 Å². The summed E-state index contributed by atoms with van der Waals surface area (Å²) in [4.78, 5) is 28.8. The summed E-state index contributed by atoms with van der Waals surface area (Å²) in [6.07, 6.45) is 0.549. The lowest BCUT2D eigenvalue weighted by molar-refractivity contribution is 0.0578. The highest BCUT2D eigenvalue weighted by atomic mass is 28.4. The Hall–Kier alpha value is -3.36. The minimum absolute atomic E-state index is 0.250. The van der Waals surface area contributed by atoms with Crippen LogP contribution in [-0.4, -0.2) is 51.9 Å². The number of fused-ring (bicyclic) bond motifs is 2. The number of carbonyl (C=O) groups excluding carboxylic acids is 2. The first-order chi connectivity index (χ1) is 18.5. The van der Waals surface area contributed by atoms with Crippen LogP contribution in [0.1, 0.15) is 47.9 Å². The van der Waals surface area contributed by atoms with Gasteiger partial charge in [-0.25, -0.2) is 0 Å². The van der Waals surface area contributed by atoms with E-state index in [0.717, 1.165) is 32.3 Å². The van der Waals surface area contributed by atoms with Crippen molar-refractivity contribution in [3.8, 4) is 0 Å². The van der Waals surface area contributed by atoms with Gasteiger partial charge in [-0.2, -0.15) is 0 Å². The molecule has 0 unspecified atom stereocenters. The van der Waals surface area contributed by atoms with Gasteiger partial charge in [0.15, 0.2) is 0 Å². The first kappa shape index (κ1) is 24.9. The quantitative estimate of drug-likeness (QED) is 0.0871. The Bertz CT molecular complexity index is 1580. The normalized spacial score (nSPS) is 14.1. The Labute approximate surface area is 222 Å². The maximum absolute atomic E-state index is 13.7. The van der Waals surface area contributed by atoms with Gasteiger partial charge in [-0.05, 0) is 77.0 Å². The van der Waals surface area contributed by atoms with Gasteiger partial charge in [0.05, 0.1) is 0 Å². The van der Waals surface area contributed by atoms with E-state index in [0.29, 0.717) is 43.4 Å². The average molecular weight is 526 g/mol. The highest BCUT2D eigenvalue weighted by Crippen LogP contribution is 2.43. The zero-order valence-electron chi connectivity index (χ0n) is 22.0. The molecule has 0 bridgehead atoms. The van der Waals surface area contributed by atoms with Crippen molar-refractivity contribution in [2.24, 2.45) is 0 Å². The molecule has 38 heavy (non-hydrogen) atoms. The lowest BCUT2D eigenvalue weighted by atomic mass is 9.85. The van der Waals surface area contributed by atoms with Crippen LogP contribution in [0.25, 0.3) is 43.1 Å². The van der Waals surface area contributed by atoms with E-state index in [1.807, 2.05) is 45.0 Å². The second kappa shape index (κ2) is 9.74. The highest BCUT2D eigenvalue weighted by molar-refractivity contribution is 6.60. The molecule has 0 aromatic heterocycles. The average Bonchev–Trinajstić information content (AvgIpc) is 2.93. The molecule has 0 atom stereocenters. The molecule has 0 spiro atoms. The molecule has 1 aliphatic heterocycles. The molecule has 194 valence electrons. The molecule has 0 saturated heterocycles. The van der Waals surface area contributed by atoms with E-state index >= 15 is 0 Å². The summed E-state index contributed by atoms with van der Waals surface area (Å²) in [6, 6.07) is 21.0. The van der Waals surface area contributed by atoms with Crippen molar-refractivity contribution in [2.75, 3.05) is 26.4 Å². The second-order valence-electron chi connectivity index (χ2n) is 9.63. The van der Waals surface area contributed by atoms with Crippen LogP contribution < -0.4 is 0 Å². The van der Waals surface area contributed by atoms with E-state index in [-0.39, 0.29) is 18.4 Å². The molecule has 6 nitrogen and oxygen atoms in total. The van der Waals surface area contributed by atoms with E-state index in [9.17, 15) is 9.59 Å². The molecule has 6 rings (SSSR count).